The van der Waals surface area contributed by atoms with Gasteiger partial charge in [-0.15, -0.1) is 0 Å². The number of halogens is 3. The average molecular weight is 261 g/mol. The highest BCUT2D eigenvalue weighted by atomic mass is 19.4. The van der Waals surface area contributed by atoms with Crippen LogP contribution in [-0.4, -0.2) is 31.7 Å². The number of Topliss-reactive ketones (excluding diaryl/α,β-unsaturated/α-hetero) is 1. The Morgan fingerprint density at radius 1 is 1.28 bits per heavy atom. The van der Waals surface area contributed by atoms with Gasteiger partial charge in [-0.1, -0.05) is 0 Å². The number of hydrogen-bond acceptors (Lipinski definition) is 3. The SMILES string of the molecule is CC(=O)c1ccc(NCCOCC(F)(F)F)cc1. The summed E-state index contributed by atoms with van der Waals surface area (Å²) in [5.74, 6) is -0.0324. The van der Waals surface area contributed by atoms with E-state index in [4.69, 9.17) is 0 Å². The molecule has 0 saturated carbocycles. The summed E-state index contributed by atoms with van der Waals surface area (Å²) in [7, 11) is 0. The molecule has 1 N–H and O–H groups in total. The van der Waals surface area contributed by atoms with E-state index in [2.05, 4.69) is 10.1 Å². The lowest BCUT2D eigenvalue weighted by molar-refractivity contribution is -0.172. The van der Waals surface area contributed by atoms with Crippen LogP contribution in [-0.2, 0) is 4.74 Å². The second-order valence-electron chi connectivity index (χ2n) is 3.73. The van der Waals surface area contributed by atoms with Crippen LogP contribution in [0.1, 0.15) is 17.3 Å². The molecule has 0 aromatic heterocycles. The Bertz CT molecular complexity index is 387. The average Bonchev–Trinajstić information content (AvgIpc) is 2.27. The molecule has 0 spiro atoms. The molecule has 18 heavy (non-hydrogen) atoms. The molecule has 6 heteroatoms. The molecule has 0 amide bonds. The van der Waals surface area contributed by atoms with Crippen LogP contribution in [0.3, 0.4) is 0 Å². The molecule has 0 fully saturated rings. The van der Waals surface area contributed by atoms with Crippen LogP contribution in [0.25, 0.3) is 0 Å². The first-order chi connectivity index (χ1) is 8.38. The molecule has 0 atom stereocenters. The largest absolute Gasteiger partial charge is 0.411 e. The van der Waals surface area contributed by atoms with Gasteiger partial charge in [0.1, 0.15) is 6.61 Å². The minimum Gasteiger partial charge on any atom is -0.383 e. The first-order valence-corrected chi connectivity index (χ1v) is 5.38. The van der Waals surface area contributed by atoms with Crippen molar-refractivity contribution >= 4 is 11.5 Å². The number of benzene rings is 1. The molecule has 0 saturated heterocycles. The summed E-state index contributed by atoms with van der Waals surface area (Å²) in [6.45, 7) is 0.467. The van der Waals surface area contributed by atoms with Crippen molar-refractivity contribution in [2.45, 2.75) is 13.1 Å². The minimum atomic E-state index is -4.29. The summed E-state index contributed by atoms with van der Waals surface area (Å²) < 4.78 is 39.7. The maximum atomic E-state index is 11.7. The molecule has 0 unspecified atom stereocenters. The molecule has 0 bridgehead atoms. The number of ether oxygens (including phenoxy) is 1. The zero-order chi connectivity index (χ0) is 13.6. The summed E-state index contributed by atoms with van der Waals surface area (Å²) in [6.07, 6.45) is -4.29. The molecular weight excluding hydrogens is 247 g/mol. The van der Waals surface area contributed by atoms with Crippen molar-refractivity contribution < 1.29 is 22.7 Å². The van der Waals surface area contributed by atoms with Crippen molar-refractivity contribution in [2.24, 2.45) is 0 Å². The van der Waals surface area contributed by atoms with Crippen LogP contribution in [0.5, 0.6) is 0 Å². The Kier molecular flexibility index (Phi) is 5.15. The molecule has 0 aliphatic heterocycles. The van der Waals surface area contributed by atoms with Crippen molar-refractivity contribution in [3.63, 3.8) is 0 Å². The quantitative estimate of drug-likeness (QED) is 0.632. The second kappa shape index (κ2) is 6.39. The number of carbonyl (C=O) groups excluding carboxylic acids is 1. The lowest BCUT2D eigenvalue weighted by Gasteiger charge is -2.09. The highest BCUT2D eigenvalue weighted by Gasteiger charge is 2.27. The minimum absolute atomic E-state index is 0.0324. The molecule has 3 nitrogen and oxygen atoms in total. The molecule has 0 heterocycles. The first kappa shape index (κ1) is 14.5. The van der Waals surface area contributed by atoms with Crippen LogP contribution in [0.4, 0.5) is 18.9 Å². The maximum absolute atomic E-state index is 11.7. The summed E-state index contributed by atoms with van der Waals surface area (Å²) in [5, 5.41) is 2.89. The van der Waals surface area contributed by atoms with Crippen LogP contribution in [0, 0.1) is 0 Å². The summed E-state index contributed by atoms with van der Waals surface area (Å²) in [5.41, 5.74) is 1.32. The van der Waals surface area contributed by atoms with Gasteiger partial charge in [-0.3, -0.25) is 4.79 Å². The molecule has 1 aromatic carbocycles. The third kappa shape index (κ3) is 5.67. The summed E-state index contributed by atoms with van der Waals surface area (Å²) in [6, 6.07) is 6.70. The van der Waals surface area contributed by atoms with E-state index < -0.39 is 12.8 Å². The number of hydrogen-bond donors (Lipinski definition) is 1. The van der Waals surface area contributed by atoms with E-state index in [1.165, 1.54) is 6.92 Å². The van der Waals surface area contributed by atoms with E-state index >= 15 is 0 Å². The van der Waals surface area contributed by atoms with Crippen molar-refractivity contribution in [1.29, 1.82) is 0 Å². The first-order valence-electron chi connectivity index (χ1n) is 5.38. The van der Waals surface area contributed by atoms with Gasteiger partial charge in [-0.2, -0.15) is 13.2 Å². The lowest BCUT2D eigenvalue weighted by Crippen LogP contribution is -2.20. The normalized spacial score (nSPS) is 11.3. The van der Waals surface area contributed by atoms with Gasteiger partial charge in [0.2, 0.25) is 0 Å². The van der Waals surface area contributed by atoms with Crippen LogP contribution < -0.4 is 5.32 Å². The number of alkyl halides is 3. The van der Waals surface area contributed by atoms with E-state index in [0.717, 1.165) is 5.69 Å². The molecule has 0 aliphatic rings. The topological polar surface area (TPSA) is 38.3 Å². The summed E-state index contributed by atoms with van der Waals surface area (Å²) in [4.78, 5) is 11.0. The van der Waals surface area contributed by atoms with Crippen molar-refractivity contribution in [3.05, 3.63) is 29.8 Å². The van der Waals surface area contributed by atoms with Crippen molar-refractivity contribution in [2.75, 3.05) is 25.1 Å². The molecule has 1 aromatic rings. The molecule has 1 rings (SSSR count). The third-order valence-corrected chi connectivity index (χ3v) is 2.13. The van der Waals surface area contributed by atoms with E-state index in [9.17, 15) is 18.0 Å². The fourth-order valence-electron chi connectivity index (χ4n) is 1.28. The fraction of sp³-hybridized carbons (Fsp3) is 0.417. The van der Waals surface area contributed by atoms with Crippen molar-refractivity contribution in [1.82, 2.24) is 0 Å². The van der Waals surface area contributed by atoms with Gasteiger partial charge >= 0.3 is 6.18 Å². The lowest BCUT2D eigenvalue weighted by atomic mass is 10.1. The Morgan fingerprint density at radius 3 is 2.39 bits per heavy atom. The predicted molar refractivity (Wildman–Crippen MR) is 61.8 cm³/mol. The number of ketones is 1. The number of rotatable bonds is 6. The van der Waals surface area contributed by atoms with Gasteiger partial charge in [-0.05, 0) is 31.2 Å². The zero-order valence-corrected chi connectivity index (χ0v) is 9.88. The van der Waals surface area contributed by atoms with E-state index in [1.807, 2.05) is 0 Å². The zero-order valence-electron chi connectivity index (χ0n) is 9.88. The Morgan fingerprint density at radius 2 is 1.89 bits per heavy atom. The van der Waals surface area contributed by atoms with Gasteiger partial charge in [0, 0.05) is 17.8 Å². The van der Waals surface area contributed by atoms with Gasteiger partial charge in [-0.25, -0.2) is 0 Å². The molecule has 0 radical (unpaired) electrons. The highest BCUT2D eigenvalue weighted by molar-refractivity contribution is 5.94. The summed E-state index contributed by atoms with van der Waals surface area (Å²) >= 11 is 0. The predicted octanol–water partition coefficient (Wildman–Crippen LogP) is 2.88. The Balaban J connectivity index is 2.25. The molecule has 0 aliphatic carbocycles. The van der Waals surface area contributed by atoms with Crippen LogP contribution in [0.2, 0.25) is 0 Å². The monoisotopic (exact) mass is 261 g/mol. The Hall–Kier alpha value is -1.56. The maximum Gasteiger partial charge on any atom is 0.411 e. The van der Waals surface area contributed by atoms with Crippen molar-refractivity contribution in [3.8, 4) is 0 Å². The molecular formula is C12H14F3NO2. The van der Waals surface area contributed by atoms with Crippen LogP contribution >= 0.6 is 0 Å². The number of anilines is 1. The van der Waals surface area contributed by atoms with E-state index in [-0.39, 0.29) is 18.9 Å². The highest BCUT2D eigenvalue weighted by Crippen LogP contribution is 2.14. The smallest absolute Gasteiger partial charge is 0.383 e. The third-order valence-electron chi connectivity index (χ3n) is 2.13. The van der Waals surface area contributed by atoms with Gasteiger partial charge < -0.3 is 10.1 Å². The number of carbonyl (C=O) groups is 1. The second-order valence-corrected chi connectivity index (χ2v) is 3.73. The van der Waals surface area contributed by atoms with E-state index in [1.54, 1.807) is 24.3 Å². The standard InChI is InChI=1S/C12H14F3NO2/c1-9(17)10-2-4-11(5-3-10)16-6-7-18-8-12(13,14)15/h2-5,16H,6-8H2,1H3. The van der Waals surface area contributed by atoms with Gasteiger partial charge in [0.25, 0.3) is 0 Å². The van der Waals surface area contributed by atoms with E-state index in [0.29, 0.717) is 5.56 Å². The number of nitrogens with one attached hydrogen (secondary N) is 1. The van der Waals surface area contributed by atoms with Gasteiger partial charge in [0.05, 0.1) is 6.61 Å². The molecule has 100 valence electrons. The fourth-order valence-corrected chi connectivity index (χ4v) is 1.28. The van der Waals surface area contributed by atoms with Crippen LogP contribution in [0.15, 0.2) is 24.3 Å². The van der Waals surface area contributed by atoms with Gasteiger partial charge in [0.15, 0.2) is 5.78 Å². The Labute approximate surface area is 103 Å².